The average molecular weight is 465 g/mol. The van der Waals surface area contributed by atoms with E-state index in [2.05, 4.69) is 15.2 Å². The van der Waals surface area contributed by atoms with Crippen molar-refractivity contribution >= 4 is 34.9 Å². The fourth-order valence-corrected chi connectivity index (χ4v) is 4.67. The zero-order valence-electron chi connectivity index (χ0n) is 17.8. The number of carbonyl (C=O) groups excluding carboxylic acids is 2. The summed E-state index contributed by atoms with van der Waals surface area (Å²) >= 11 is 7.37. The molecular weight excluding hydrogens is 444 g/mol. The lowest BCUT2D eigenvalue weighted by Gasteiger charge is -2.10. The van der Waals surface area contributed by atoms with Crippen LogP contribution >= 0.6 is 23.4 Å². The Morgan fingerprint density at radius 2 is 1.72 bits per heavy atom. The Kier molecular flexibility index (Phi) is 6.30. The summed E-state index contributed by atoms with van der Waals surface area (Å²) in [5, 5.41) is 9.97. The molecule has 0 saturated heterocycles. The summed E-state index contributed by atoms with van der Waals surface area (Å²) in [6.07, 6.45) is 0. The Bertz CT molecular complexity index is 1290. The van der Waals surface area contributed by atoms with Gasteiger partial charge < -0.3 is 4.98 Å². The smallest absolute Gasteiger partial charge is 0.196 e. The first-order chi connectivity index (χ1) is 15.4. The molecule has 6 nitrogen and oxygen atoms in total. The highest BCUT2D eigenvalue weighted by molar-refractivity contribution is 7.99. The number of aromatic nitrogens is 4. The first-order valence-corrected chi connectivity index (χ1v) is 11.4. The molecule has 2 aromatic heterocycles. The standard InChI is InChI=1S/C24H21ClN4O2S/c1-14-21(16(3)30)15(2)26-22(14)20(31)13-32-24-28-27-23(17-7-5-4-6-8-17)29(24)19-11-9-18(25)10-12-19/h4-12,26H,13H2,1-3H3. The molecule has 0 fully saturated rings. The summed E-state index contributed by atoms with van der Waals surface area (Å²) < 4.78 is 1.91. The van der Waals surface area contributed by atoms with E-state index in [4.69, 9.17) is 11.6 Å². The molecule has 0 aliphatic rings. The van der Waals surface area contributed by atoms with Crippen LogP contribution in [0.5, 0.6) is 0 Å². The number of Topliss-reactive ketones (excluding diaryl/α,β-unsaturated/α-hetero) is 2. The van der Waals surface area contributed by atoms with Crippen LogP contribution in [-0.2, 0) is 0 Å². The lowest BCUT2D eigenvalue weighted by atomic mass is 10.1. The summed E-state index contributed by atoms with van der Waals surface area (Å²) in [5.74, 6) is 0.667. The van der Waals surface area contributed by atoms with E-state index in [0.717, 1.165) is 11.3 Å². The van der Waals surface area contributed by atoms with Crippen LogP contribution in [0.1, 0.15) is 39.0 Å². The number of H-pyrrole nitrogens is 1. The highest BCUT2D eigenvalue weighted by atomic mass is 35.5. The number of thioether (sulfide) groups is 1. The molecule has 0 spiro atoms. The number of nitrogens with zero attached hydrogens (tertiary/aromatic N) is 3. The van der Waals surface area contributed by atoms with Gasteiger partial charge in [-0.25, -0.2) is 0 Å². The molecule has 0 unspecified atom stereocenters. The van der Waals surface area contributed by atoms with Crippen LogP contribution in [0, 0.1) is 13.8 Å². The molecule has 2 heterocycles. The van der Waals surface area contributed by atoms with Gasteiger partial charge in [0.25, 0.3) is 0 Å². The van der Waals surface area contributed by atoms with Crippen molar-refractivity contribution in [3.63, 3.8) is 0 Å². The summed E-state index contributed by atoms with van der Waals surface area (Å²) in [5.41, 5.74) is 4.19. The van der Waals surface area contributed by atoms with Gasteiger partial charge in [0.1, 0.15) is 0 Å². The van der Waals surface area contributed by atoms with Crippen molar-refractivity contribution in [2.24, 2.45) is 0 Å². The second-order valence-electron chi connectivity index (χ2n) is 7.38. The van der Waals surface area contributed by atoms with Crippen molar-refractivity contribution in [1.29, 1.82) is 0 Å². The van der Waals surface area contributed by atoms with Crippen LogP contribution in [0.25, 0.3) is 17.1 Å². The first-order valence-electron chi connectivity index (χ1n) is 9.99. The minimum atomic E-state index is -0.102. The predicted octanol–water partition coefficient (Wildman–Crippen LogP) is 5.71. The lowest BCUT2D eigenvalue weighted by molar-refractivity contribution is 0.101. The minimum absolute atomic E-state index is 0.0575. The number of carbonyl (C=O) groups is 2. The third-order valence-corrected chi connectivity index (χ3v) is 6.33. The summed E-state index contributed by atoms with van der Waals surface area (Å²) in [6.45, 7) is 5.10. The van der Waals surface area contributed by atoms with E-state index in [1.54, 1.807) is 26.0 Å². The van der Waals surface area contributed by atoms with E-state index in [9.17, 15) is 9.59 Å². The van der Waals surface area contributed by atoms with Crippen molar-refractivity contribution in [1.82, 2.24) is 19.7 Å². The van der Waals surface area contributed by atoms with Crippen LogP contribution in [0.15, 0.2) is 59.8 Å². The Hall–Kier alpha value is -3.16. The van der Waals surface area contributed by atoms with Gasteiger partial charge in [-0.1, -0.05) is 53.7 Å². The van der Waals surface area contributed by atoms with Crippen LogP contribution in [0.2, 0.25) is 5.02 Å². The molecule has 0 amide bonds. The number of ketones is 2. The van der Waals surface area contributed by atoms with Gasteiger partial charge in [-0.2, -0.15) is 0 Å². The molecule has 0 aliphatic carbocycles. The normalized spacial score (nSPS) is 11.0. The number of aryl methyl sites for hydroxylation is 1. The van der Waals surface area contributed by atoms with Crippen LogP contribution in [-0.4, -0.2) is 37.1 Å². The van der Waals surface area contributed by atoms with Gasteiger partial charge in [0, 0.05) is 27.5 Å². The van der Waals surface area contributed by atoms with Crippen molar-refractivity contribution in [3.8, 4) is 17.1 Å². The monoisotopic (exact) mass is 464 g/mol. The Labute approximate surface area is 195 Å². The maximum atomic E-state index is 13.0. The molecule has 0 aliphatic heterocycles. The zero-order valence-corrected chi connectivity index (χ0v) is 19.4. The van der Waals surface area contributed by atoms with Crippen molar-refractivity contribution in [3.05, 3.63) is 82.1 Å². The Morgan fingerprint density at radius 1 is 1.03 bits per heavy atom. The van der Waals surface area contributed by atoms with E-state index in [-0.39, 0.29) is 17.3 Å². The first kappa shape index (κ1) is 22.0. The molecule has 32 heavy (non-hydrogen) atoms. The fraction of sp³-hybridized carbons (Fsp3) is 0.167. The number of halogens is 1. The molecule has 2 aromatic carbocycles. The summed E-state index contributed by atoms with van der Waals surface area (Å²) in [7, 11) is 0. The van der Waals surface area contributed by atoms with Crippen LogP contribution in [0.3, 0.4) is 0 Å². The largest absolute Gasteiger partial charge is 0.355 e. The summed E-state index contributed by atoms with van der Waals surface area (Å²) in [6, 6.07) is 17.1. The number of rotatable bonds is 7. The quantitative estimate of drug-likeness (QED) is 0.280. The number of aromatic amines is 1. The third-order valence-electron chi connectivity index (χ3n) is 5.15. The molecule has 4 rings (SSSR count). The Morgan fingerprint density at radius 3 is 2.34 bits per heavy atom. The van der Waals surface area contributed by atoms with E-state index < -0.39 is 0 Å². The van der Waals surface area contributed by atoms with Gasteiger partial charge in [-0.15, -0.1) is 10.2 Å². The zero-order chi connectivity index (χ0) is 22.8. The van der Waals surface area contributed by atoms with Gasteiger partial charge >= 0.3 is 0 Å². The van der Waals surface area contributed by atoms with E-state index in [0.29, 0.717) is 38.5 Å². The Balaban J connectivity index is 1.67. The third kappa shape index (κ3) is 4.26. The molecule has 4 aromatic rings. The second kappa shape index (κ2) is 9.14. The topological polar surface area (TPSA) is 80.6 Å². The van der Waals surface area contributed by atoms with Crippen molar-refractivity contribution < 1.29 is 9.59 Å². The van der Waals surface area contributed by atoms with Gasteiger partial charge in [0.15, 0.2) is 22.5 Å². The number of hydrogen-bond acceptors (Lipinski definition) is 5. The number of hydrogen-bond donors (Lipinski definition) is 1. The van der Waals surface area contributed by atoms with Crippen LogP contribution in [0.4, 0.5) is 0 Å². The SMILES string of the molecule is CC(=O)c1c(C)[nH]c(C(=O)CSc2nnc(-c3ccccc3)n2-c2ccc(Cl)cc2)c1C. The van der Waals surface area contributed by atoms with Gasteiger partial charge in [0.05, 0.1) is 11.4 Å². The predicted molar refractivity (Wildman–Crippen MR) is 127 cm³/mol. The molecule has 8 heteroatoms. The number of benzene rings is 2. The molecule has 0 atom stereocenters. The van der Waals surface area contributed by atoms with E-state index in [1.165, 1.54) is 18.7 Å². The highest BCUT2D eigenvalue weighted by Crippen LogP contribution is 2.29. The fourth-order valence-electron chi connectivity index (χ4n) is 3.72. The molecular formula is C24H21ClN4O2S. The van der Waals surface area contributed by atoms with Gasteiger partial charge in [-0.05, 0) is 50.6 Å². The van der Waals surface area contributed by atoms with Gasteiger partial charge in [0.2, 0.25) is 0 Å². The van der Waals surface area contributed by atoms with Crippen LogP contribution < -0.4 is 0 Å². The van der Waals surface area contributed by atoms with E-state index >= 15 is 0 Å². The van der Waals surface area contributed by atoms with Crippen molar-refractivity contribution in [2.45, 2.75) is 25.9 Å². The van der Waals surface area contributed by atoms with E-state index in [1.807, 2.05) is 47.0 Å². The summed E-state index contributed by atoms with van der Waals surface area (Å²) in [4.78, 5) is 27.9. The molecule has 0 bridgehead atoms. The molecule has 162 valence electrons. The highest BCUT2D eigenvalue weighted by Gasteiger charge is 2.22. The average Bonchev–Trinajstić information content (AvgIpc) is 3.33. The maximum Gasteiger partial charge on any atom is 0.196 e. The molecule has 0 saturated carbocycles. The number of nitrogens with one attached hydrogen (secondary N) is 1. The molecule has 0 radical (unpaired) electrons. The molecule has 1 N–H and O–H groups in total. The van der Waals surface area contributed by atoms with Gasteiger partial charge in [-0.3, -0.25) is 14.2 Å². The second-order valence-corrected chi connectivity index (χ2v) is 8.76. The van der Waals surface area contributed by atoms with Crippen molar-refractivity contribution in [2.75, 3.05) is 5.75 Å². The lowest BCUT2D eigenvalue weighted by Crippen LogP contribution is -2.07. The minimum Gasteiger partial charge on any atom is -0.355 e. The maximum absolute atomic E-state index is 13.0.